The number of benzene rings is 1. The van der Waals surface area contributed by atoms with Crippen molar-refractivity contribution < 1.29 is 14.7 Å². The minimum atomic E-state index is -0.967. The molecule has 0 aromatic heterocycles. The van der Waals surface area contributed by atoms with Gasteiger partial charge in [0.05, 0.1) is 0 Å². The molecule has 1 N–H and O–H groups in total. The maximum absolute atomic E-state index is 11.2. The summed E-state index contributed by atoms with van der Waals surface area (Å²) in [5, 5.41) is 11.0. The van der Waals surface area contributed by atoms with Crippen molar-refractivity contribution in [3.63, 3.8) is 0 Å². The molecule has 0 bridgehead atoms. The first-order chi connectivity index (χ1) is 6.70. The Bertz CT molecular complexity index is 325. The number of hydrogen-bond acceptors (Lipinski definition) is 4. The Labute approximate surface area is 79.6 Å². The van der Waals surface area contributed by atoms with Crippen LogP contribution in [0.3, 0.4) is 0 Å². The van der Waals surface area contributed by atoms with E-state index >= 15 is 0 Å². The van der Waals surface area contributed by atoms with Gasteiger partial charge in [0.2, 0.25) is 0 Å². The van der Waals surface area contributed by atoms with Crippen molar-refractivity contribution in [2.24, 2.45) is 0 Å². The number of carbonyl (C=O) groups excluding carboxylic acids is 1. The van der Waals surface area contributed by atoms with Gasteiger partial charge in [0.25, 0.3) is 11.0 Å². The highest BCUT2D eigenvalue weighted by Gasteiger charge is 2.03. The van der Waals surface area contributed by atoms with Crippen LogP contribution in [0.15, 0.2) is 30.3 Å². The largest absolute Gasteiger partial charge is 0.329 e. The van der Waals surface area contributed by atoms with Crippen LogP contribution in [-0.2, 0) is 4.84 Å². The average molecular weight is 196 g/mol. The Hall–Kier alpha value is -2.11. The highest BCUT2D eigenvalue weighted by Crippen LogP contribution is 1.97. The molecule has 0 saturated carbocycles. The number of hydrogen-bond donors (Lipinski definition) is 1. The normalized spacial score (nSPS) is 9.14. The summed E-state index contributed by atoms with van der Waals surface area (Å²) in [6.45, 7) is -0.444. The van der Waals surface area contributed by atoms with Crippen molar-refractivity contribution in [2.45, 2.75) is 0 Å². The second kappa shape index (κ2) is 4.80. The first-order valence-corrected chi connectivity index (χ1v) is 3.80. The minimum Gasteiger partial charge on any atom is -0.329 e. The molecule has 14 heavy (non-hydrogen) atoms. The first kappa shape index (κ1) is 9.97. The summed E-state index contributed by atoms with van der Waals surface area (Å²) in [5.74, 6) is -0.410. The van der Waals surface area contributed by atoms with E-state index in [2.05, 4.69) is 10.2 Å². The van der Waals surface area contributed by atoms with Crippen LogP contribution in [0.25, 0.3) is 0 Å². The molecule has 1 rings (SSSR count). The molecular weight excluding hydrogens is 188 g/mol. The van der Waals surface area contributed by atoms with Crippen molar-refractivity contribution >= 4 is 5.91 Å². The minimum absolute atomic E-state index is 0.410. The lowest BCUT2D eigenvalue weighted by atomic mass is 10.2. The molecular formula is C8H8N2O4. The molecule has 0 atom stereocenters. The molecule has 6 nitrogen and oxygen atoms in total. The summed E-state index contributed by atoms with van der Waals surface area (Å²) in [5.41, 5.74) is 0.430. The van der Waals surface area contributed by atoms with E-state index in [-0.39, 0.29) is 0 Å². The fourth-order valence-electron chi connectivity index (χ4n) is 0.842. The van der Waals surface area contributed by atoms with E-state index in [1.165, 1.54) is 0 Å². The Kier molecular flexibility index (Phi) is 3.42. The molecule has 0 aliphatic rings. The van der Waals surface area contributed by atoms with Crippen LogP contribution < -0.4 is 5.32 Å². The zero-order valence-corrected chi connectivity index (χ0v) is 7.17. The number of nitrogens with zero attached hydrogens (tertiary/aromatic N) is 1. The number of nitrogens with one attached hydrogen (secondary N) is 1. The lowest BCUT2D eigenvalue weighted by Crippen LogP contribution is -2.27. The summed E-state index contributed by atoms with van der Waals surface area (Å²) in [6, 6.07) is 8.36. The third-order valence-electron chi connectivity index (χ3n) is 1.44. The Morgan fingerprint density at radius 1 is 1.43 bits per heavy atom. The second-order valence-electron chi connectivity index (χ2n) is 2.37. The van der Waals surface area contributed by atoms with Gasteiger partial charge in [-0.25, -0.2) is 0 Å². The summed E-state index contributed by atoms with van der Waals surface area (Å²) in [7, 11) is 0. The molecule has 0 spiro atoms. The topological polar surface area (TPSA) is 81.5 Å². The third-order valence-corrected chi connectivity index (χ3v) is 1.44. The molecule has 6 heteroatoms. The first-order valence-electron chi connectivity index (χ1n) is 3.80. The average Bonchev–Trinajstić information content (AvgIpc) is 2.18. The predicted molar refractivity (Wildman–Crippen MR) is 46.9 cm³/mol. The molecule has 0 saturated heterocycles. The summed E-state index contributed by atoms with van der Waals surface area (Å²) in [4.78, 5) is 24.9. The number of amides is 1. The lowest BCUT2D eigenvalue weighted by molar-refractivity contribution is -0.758. The quantitative estimate of drug-likeness (QED) is 0.434. The molecule has 1 amide bonds. The number of carbonyl (C=O) groups is 1. The van der Waals surface area contributed by atoms with E-state index in [0.29, 0.717) is 5.56 Å². The van der Waals surface area contributed by atoms with Gasteiger partial charge in [0, 0.05) is 5.56 Å². The summed E-state index contributed by atoms with van der Waals surface area (Å²) < 4.78 is 0. The van der Waals surface area contributed by atoms with E-state index in [4.69, 9.17) is 0 Å². The van der Waals surface area contributed by atoms with Crippen LogP contribution in [-0.4, -0.2) is 17.7 Å². The van der Waals surface area contributed by atoms with Crippen molar-refractivity contribution in [1.29, 1.82) is 0 Å². The highest BCUT2D eigenvalue weighted by atomic mass is 17.0. The van der Waals surface area contributed by atoms with Gasteiger partial charge in [0.15, 0.2) is 6.73 Å². The Morgan fingerprint density at radius 3 is 2.64 bits per heavy atom. The second-order valence-corrected chi connectivity index (χ2v) is 2.37. The van der Waals surface area contributed by atoms with Crippen molar-refractivity contribution in [1.82, 2.24) is 5.32 Å². The van der Waals surface area contributed by atoms with Crippen LogP contribution in [0.5, 0.6) is 0 Å². The van der Waals surface area contributed by atoms with Gasteiger partial charge in [-0.2, -0.15) is 0 Å². The van der Waals surface area contributed by atoms with E-state index in [1.54, 1.807) is 30.3 Å². The highest BCUT2D eigenvalue weighted by molar-refractivity contribution is 5.93. The van der Waals surface area contributed by atoms with Gasteiger partial charge in [-0.1, -0.05) is 18.2 Å². The van der Waals surface area contributed by atoms with E-state index < -0.39 is 17.7 Å². The van der Waals surface area contributed by atoms with E-state index in [1.807, 2.05) is 0 Å². The van der Waals surface area contributed by atoms with Crippen LogP contribution in [0.2, 0.25) is 0 Å². The molecule has 0 fully saturated rings. The van der Waals surface area contributed by atoms with Crippen LogP contribution in [0.4, 0.5) is 0 Å². The number of rotatable bonds is 4. The van der Waals surface area contributed by atoms with E-state index in [9.17, 15) is 14.9 Å². The maximum Gasteiger partial charge on any atom is 0.296 e. The fourth-order valence-corrected chi connectivity index (χ4v) is 0.842. The van der Waals surface area contributed by atoms with Gasteiger partial charge in [-0.3, -0.25) is 9.63 Å². The summed E-state index contributed by atoms with van der Waals surface area (Å²) in [6.07, 6.45) is 0. The van der Waals surface area contributed by atoms with Gasteiger partial charge >= 0.3 is 0 Å². The third kappa shape index (κ3) is 3.10. The lowest BCUT2D eigenvalue weighted by Gasteiger charge is -2.02. The van der Waals surface area contributed by atoms with Gasteiger partial charge < -0.3 is 5.32 Å². The molecule has 0 aliphatic heterocycles. The molecule has 0 aliphatic carbocycles. The van der Waals surface area contributed by atoms with E-state index in [0.717, 1.165) is 0 Å². The molecule has 0 unspecified atom stereocenters. The van der Waals surface area contributed by atoms with Crippen molar-refractivity contribution in [3.05, 3.63) is 46.0 Å². The predicted octanol–water partition coefficient (Wildman–Crippen LogP) is 0.582. The SMILES string of the molecule is O=C(NCO[N+](=O)[O-])c1ccccc1. The van der Waals surface area contributed by atoms with Crippen molar-refractivity contribution in [3.8, 4) is 0 Å². The van der Waals surface area contributed by atoms with Crippen LogP contribution in [0, 0.1) is 10.1 Å². The monoisotopic (exact) mass is 196 g/mol. The zero-order chi connectivity index (χ0) is 10.4. The van der Waals surface area contributed by atoms with Gasteiger partial charge in [-0.15, -0.1) is 10.1 Å². The zero-order valence-electron chi connectivity index (χ0n) is 7.17. The van der Waals surface area contributed by atoms with Crippen LogP contribution >= 0.6 is 0 Å². The molecule has 1 aromatic rings. The molecule has 74 valence electrons. The van der Waals surface area contributed by atoms with Crippen molar-refractivity contribution in [2.75, 3.05) is 6.73 Å². The van der Waals surface area contributed by atoms with Crippen LogP contribution in [0.1, 0.15) is 10.4 Å². The molecule has 0 radical (unpaired) electrons. The Morgan fingerprint density at radius 2 is 2.07 bits per heavy atom. The smallest absolute Gasteiger partial charge is 0.296 e. The maximum atomic E-state index is 11.2. The summed E-state index contributed by atoms with van der Waals surface area (Å²) >= 11 is 0. The standard InChI is InChI=1S/C8H8N2O4/c11-8(9-6-14-10(12)13)7-4-2-1-3-5-7/h1-5H,6H2,(H,9,11). The van der Waals surface area contributed by atoms with Gasteiger partial charge in [-0.05, 0) is 12.1 Å². The molecule has 1 aromatic carbocycles. The fraction of sp³-hybridized carbons (Fsp3) is 0.125. The Balaban J connectivity index is 2.40. The molecule has 0 heterocycles. The van der Waals surface area contributed by atoms with Gasteiger partial charge in [0.1, 0.15) is 0 Å².